The Morgan fingerprint density at radius 1 is 1.07 bits per heavy atom. The van der Waals surface area contributed by atoms with E-state index in [1.165, 1.54) is 7.11 Å². The minimum Gasteiger partial charge on any atom is -0.496 e. The molecule has 1 heterocycles. The van der Waals surface area contributed by atoms with Gasteiger partial charge in [0.1, 0.15) is 30.2 Å². The second kappa shape index (κ2) is 8.84. The molecular formula is C19H28O9S. The van der Waals surface area contributed by atoms with E-state index in [9.17, 15) is 23.7 Å². The third kappa shape index (κ3) is 4.91. The summed E-state index contributed by atoms with van der Waals surface area (Å²) in [5.41, 5.74) is 1.34. The summed E-state index contributed by atoms with van der Waals surface area (Å²) >= 11 is 0. The average Bonchev–Trinajstić information content (AvgIpc) is 2.67. The van der Waals surface area contributed by atoms with Gasteiger partial charge in [-0.05, 0) is 37.7 Å². The molecule has 2 fully saturated rings. The van der Waals surface area contributed by atoms with Crippen LogP contribution in [0, 0.1) is 0 Å². The first kappa shape index (κ1) is 22.4. The summed E-state index contributed by atoms with van der Waals surface area (Å²) in [6.45, 7) is 1.61. The van der Waals surface area contributed by atoms with E-state index in [-0.39, 0.29) is 5.92 Å². The fourth-order valence-corrected chi connectivity index (χ4v) is 4.87. The molecule has 29 heavy (non-hydrogen) atoms. The van der Waals surface area contributed by atoms with E-state index in [0.717, 1.165) is 12.0 Å². The lowest BCUT2D eigenvalue weighted by molar-refractivity contribution is -0.219. The Labute approximate surface area is 170 Å². The number of hydrogen-bond acceptors (Lipinski definition) is 8. The van der Waals surface area contributed by atoms with Crippen molar-refractivity contribution in [2.24, 2.45) is 0 Å². The van der Waals surface area contributed by atoms with Crippen molar-refractivity contribution in [3.05, 3.63) is 29.3 Å². The quantitative estimate of drug-likeness (QED) is 0.503. The number of methoxy groups -OCH3 is 1. The first-order valence-electron chi connectivity index (χ1n) is 9.64. The SMILES string of the molecule is COc1c(C2CCCC(OS(=O)(=O)O)C2)cccc1[C@H]1O[C@@H](C)[C@@H](O)[C@@H](O)[C@@H]1O. The summed E-state index contributed by atoms with van der Waals surface area (Å²) in [6.07, 6.45) is -3.74. The number of benzene rings is 1. The molecule has 1 aliphatic carbocycles. The lowest BCUT2D eigenvalue weighted by Gasteiger charge is -2.40. The number of hydrogen-bond donors (Lipinski definition) is 4. The molecule has 0 aromatic heterocycles. The van der Waals surface area contributed by atoms with Gasteiger partial charge in [0.25, 0.3) is 0 Å². The van der Waals surface area contributed by atoms with Crippen LogP contribution in [0.1, 0.15) is 55.8 Å². The minimum absolute atomic E-state index is 0.0842. The van der Waals surface area contributed by atoms with Crippen LogP contribution >= 0.6 is 0 Å². The normalized spacial score (nSPS) is 36.0. The number of aliphatic hydroxyl groups excluding tert-OH is 3. The smallest absolute Gasteiger partial charge is 0.397 e. The third-order valence-electron chi connectivity index (χ3n) is 5.76. The highest BCUT2D eigenvalue weighted by molar-refractivity contribution is 7.80. The molecule has 0 spiro atoms. The van der Waals surface area contributed by atoms with Crippen molar-refractivity contribution in [2.45, 2.75) is 75.1 Å². The maximum absolute atomic E-state index is 11.1. The standard InChI is InChI=1S/C19H28O9S/c1-10-15(20)16(21)17(22)19(27-10)14-8-4-7-13(18(14)26-2)11-5-3-6-12(9-11)28-29(23,24)25/h4,7-8,10-12,15-17,19-22H,3,5-6,9H2,1-2H3,(H,23,24,25)/t10-,11?,12?,15+,16+,17-,19+/m0/s1. The van der Waals surface area contributed by atoms with E-state index in [1.54, 1.807) is 19.1 Å². The summed E-state index contributed by atoms with van der Waals surface area (Å²) in [4.78, 5) is 0. The zero-order valence-electron chi connectivity index (χ0n) is 16.3. The molecule has 1 aromatic rings. The van der Waals surface area contributed by atoms with Gasteiger partial charge in [0.2, 0.25) is 0 Å². The van der Waals surface area contributed by atoms with E-state index in [2.05, 4.69) is 0 Å². The molecule has 1 aromatic carbocycles. The molecule has 2 aliphatic rings. The Balaban J connectivity index is 1.90. The van der Waals surface area contributed by atoms with E-state index >= 15 is 0 Å². The van der Waals surface area contributed by atoms with Crippen molar-refractivity contribution in [1.29, 1.82) is 0 Å². The Kier molecular flexibility index (Phi) is 6.84. The highest BCUT2D eigenvalue weighted by atomic mass is 32.3. The van der Waals surface area contributed by atoms with Crippen molar-refractivity contribution in [1.82, 2.24) is 0 Å². The lowest BCUT2D eigenvalue weighted by atomic mass is 9.80. The zero-order valence-corrected chi connectivity index (χ0v) is 17.2. The van der Waals surface area contributed by atoms with Crippen LogP contribution in [0.2, 0.25) is 0 Å². The Bertz CT molecular complexity index is 812. The summed E-state index contributed by atoms with van der Waals surface area (Å²) < 4.78 is 47.3. The number of rotatable bonds is 5. The number of para-hydroxylation sites is 1. The topological polar surface area (TPSA) is 143 Å². The largest absolute Gasteiger partial charge is 0.496 e. The molecule has 4 N–H and O–H groups in total. The van der Waals surface area contributed by atoms with Gasteiger partial charge >= 0.3 is 10.4 Å². The fraction of sp³-hybridized carbons (Fsp3) is 0.684. The number of aliphatic hydroxyl groups is 3. The monoisotopic (exact) mass is 432 g/mol. The summed E-state index contributed by atoms with van der Waals surface area (Å²) in [6, 6.07) is 5.35. The van der Waals surface area contributed by atoms with Gasteiger partial charge in [-0.15, -0.1) is 0 Å². The molecule has 1 saturated heterocycles. The first-order chi connectivity index (χ1) is 13.6. The van der Waals surface area contributed by atoms with Crippen LogP contribution in [0.4, 0.5) is 0 Å². The molecule has 0 bridgehead atoms. The first-order valence-corrected chi connectivity index (χ1v) is 11.0. The van der Waals surface area contributed by atoms with Gasteiger partial charge < -0.3 is 24.8 Å². The van der Waals surface area contributed by atoms with Crippen LogP contribution in [-0.2, 0) is 19.3 Å². The molecule has 0 radical (unpaired) electrons. The van der Waals surface area contributed by atoms with Crippen molar-refractivity contribution in [3.63, 3.8) is 0 Å². The van der Waals surface area contributed by atoms with Gasteiger partial charge in [-0.25, -0.2) is 4.18 Å². The van der Waals surface area contributed by atoms with Gasteiger partial charge in [0.05, 0.1) is 19.3 Å². The highest BCUT2D eigenvalue weighted by Crippen LogP contribution is 2.44. The average molecular weight is 432 g/mol. The molecule has 3 rings (SSSR count). The molecule has 0 amide bonds. The van der Waals surface area contributed by atoms with Gasteiger partial charge in [0.15, 0.2) is 0 Å². The van der Waals surface area contributed by atoms with Crippen molar-refractivity contribution in [3.8, 4) is 5.75 Å². The van der Waals surface area contributed by atoms with Crippen LogP contribution in [0.3, 0.4) is 0 Å². The number of ether oxygens (including phenoxy) is 2. The maximum atomic E-state index is 11.1. The Morgan fingerprint density at radius 2 is 1.76 bits per heavy atom. The predicted octanol–water partition coefficient (Wildman–Crippen LogP) is 1.08. The Hall–Kier alpha value is -1.27. The van der Waals surface area contributed by atoms with Crippen LogP contribution in [0.25, 0.3) is 0 Å². The van der Waals surface area contributed by atoms with Crippen LogP contribution in [-0.4, -0.2) is 65.9 Å². The molecule has 1 aliphatic heterocycles. The van der Waals surface area contributed by atoms with E-state index < -0.39 is 47.0 Å². The van der Waals surface area contributed by atoms with Crippen molar-refractivity contribution in [2.75, 3.05) is 7.11 Å². The second-order valence-electron chi connectivity index (χ2n) is 7.71. The minimum atomic E-state index is -4.53. The van der Waals surface area contributed by atoms with E-state index in [1.807, 2.05) is 6.07 Å². The van der Waals surface area contributed by atoms with Gasteiger partial charge in [-0.1, -0.05) is 24.6 Å². The third-order valence-corrected chi connectivity index (χ3v) is 6.28. The molecule has 1 saturated carbocycles. The molecule has 10 heteroatoms. The van der Waals surface area contributed by atoms with Gasteiger partial charge in [-0.3, -0.25) is 4.55 Å². The second-order valence-corrected chi connectivity index (χ2v) is 8.76. The summed E-state index contributed by atoms with van der Waals surface area (Å²) in [5.74, 6) is 0.393. The van der Waals surface area contributed by atoms with Crippen LogP contribution in [0.15, 0.2) is 18.2 Å². The Morgan fingerprint density at radius 3 is 2.41 bits per heavy atom. The fourth-order valence-electron chi connectivity index (χ4n) is 4.35. The van der Waals surface area contributed by atoms with Crippen molar-refractivity contribution < 1.29 is 41.9 Å². The molecule has 164 valence electrons. The van der Waals surface area contributed by atoms with E-state index in [0.29, 0.717) is 30.6 Å². The molecule has 7 atom stereocenters. The lowest BCUT2D eigenvalue weighted by Crippen LogP contribution is -2.53. The van der Waals surface area contributed by atoms with Crippen molar-refractivity contribution >= 4 is 10.4 Å². The molecule has 2 unspecified atom stereocenters. The van der Waals surface area contributed by atoms with Gasteiger partial charge in [0, 0.05) is 5.56 Å². The van der Waals surface area contributed by atoms with E-state index in [4.69, 9.17) is 18.2 Å². The summed E-state index contributed by atoms with van der Waals surface area (Å²) in [7, 11) is -3.04. The predicted molar refractivity (Wildman–Crippen MR) is 102 cm³/mol. The maximum Gasteiger partial charge on any atom is 0.397 e. The zero-order chi connectivity index (χ0) is 21.3. The van der Waals surface area contributed by atoms with Crippen LogP contribution in [0.5, 0.6) is 5.75 Å². The molecular weight excluding hydrogens is 404 g/mol. The van der Waals surface area contributed by atoms with Gasteiger partial charge in [-0.2, -0.15) is 8.42 Å². The highest BCUT2D eigenvalue weighted by Gasteiger charge is 2.43. The molecule has 9 nitrogen and oxygen atoms in total. The summed E-state index contributed by atoms with van der Waals surface area (Å²) in [5, 5.41) is 30.6. The van der Waals surface area contributed by atoms with Crippen LogP contribution < -0.4 is 4.74 Å².